The van der Waals surface area contributed by atoms with Crippen LogP contribution in [0.4, 0.5) is 5.69 Å². The van der Waals surface area contributed by atoms with Gasteiger partial charge in [0.25, 0.3) is 5.91 Å². The number of fused-ring (bicyclic) bond motifs is 1. The molecule has 0 radical (unpaired) electrons. The minimum absolute atomic E-state index is 0.133. The van der Waals surface area contributed by atoms with Crippen molar-refractivity contribution >= 4 is 45.6 Å². The molecule has 136 valence electrons. The van der Waals surface area contributed by atoms with Gasteiger partial charge >= 0.3 is 0 Å². The van der Waals surface area contributed by atoms with E-state index in [1.165, 1.54) is 0 Å². The summed E-state index contributed by atoms with van der Waals surface area (Å²) >= 11 is 5.11. The largest absolute Gasteiger partial charge is 0.483 e. The van der Waals surface area contributed by atoms with E-state index in [-0.39, 0.29) is 17.6 Å². The van der Waals surface area contributed by atoms with Crippen LogP contribution in [0.25, 0.3) is 10.8 Å². The van der Waals surface area contributed by atoms with E-state index in [2.05, 4.69) is 10.6 Å². The van der Waals surface area contributed by atoms with Gasteiger partial charge in [0.05, 0.1) is 0 Å². The Kier molecular flexibility index (Phi) is 5.63. The van der Waals surface area contributed by atoms with Crippen molar-refractivity contribution in [2.45, 2.75) is 0 Å². The van der Waals surface area contributed by atoms with Crippen molar-refractivity contribution in [3.63, 3.8) is 0 Å². The molecule has 2 amide bonds. The highest BCUT2D eigenvalue weighted by molar-refractivity contribution is 7.80. The van der Waals surface area contributed by atoms with E-state index in [0.29, 0.717) is 17.0 Å². The van der Waals surface area contributed by atoms with Gasteiger partial charge in [-0.15, -0.1) is 0 Å². The summed E-state index contributed by atoms with van der Waals surface area (Å²) in [5, 5.41) is 7.51. The first-order valence-electron chi connectivity index (χ1n) is 8.14. The molecule has 7 heteroatoms. The van der Waals surface area contributed by atoms with Crippen molar-refractivity contribution < 1.29 is 14.3 Å². The second-order valence-electron chi connectivity index (χ2n) is 5.71. The highest BCUT2D eigenvalue weighted by atomic mass is 32.1. The van der Waals surface area contributed by atoms with Gasteiger partial charge in [-0.2, -0.15) is 0 Å². The van der Waals surface area contributed by atoms with Crippen LogP contribution in [0, 0.1) is 0 Å². The number of hydrogen-bond acceptors (Lipinski definition) is 4. The number of thiocarbonyl (C=S) groups is 1. The zero-order chi connectivity index (χ0) is 19.2. The molecule has 27 heavy (non-hydrogen) atoms. The lowest BCUT2D eigenvalue weighted by Crippen LogP contribution is -2.37. The summed E-state index contributed by atoms with van der Waals surface area (Å²) in [5.41, 5.74) is 6.20. The first-order chi connectivity index (χ1) is 13.0. The quantitative estimate of drug-likeness (QED) is 0.593. The molecule has 0 bridgehead atoms. The van der Waals surface area contributed by atoms with Crippen LogP contribution < -0.4 is 21.1 Å². The molecule has 0 fully saturated rings. The van der Waals surface area contributed by atoms with Crippen LogP contribution in [0.2, 0.25) is 0 Å². The van der Waals surface area contributed by atoms with Crippen LogP contribution in [-0.4, -0.2) is 23.5 Å². The average molecular weight is 379 g/mol. The smallest absolute Gasteiger partial charge is 0.264 e. The molecule has 0 spiro atoms. The van der Waals surface area contributed by atoms with Crippen molar-refractivity contribution in [2.75, 3.05) is 11.9 Å². The Balaban J connectivity index is 1.54. The van der Waals surface area contributed by atoms with Crippen LogP contribution in [0.5, 0.6) is 5.75 Å². The number of nitrogens with two attached hydrogens (primary N) is 1. The van der Waals surface area contributed by atoms with Crippen molar-refractivity contribution in [2.24, 2.45) is 5.73 Å². The number of amides is 2. The Hall–Kier alpha value is -3.45. The first kappa shape index (κ1) is 18.3. The monoisotopic (exact) mass is 379 g/mol. The van der Waals surface area contributed by atoms with Gasteiger partial charge in [-0.3, -0.25) is 14.9 Å². The van der Waals surface area contributed by atoms with Crippen molar-refractivity contribution in [3.8, 4) is 5.75 Å². The zero-order valence-corrected chi connectivity index (χ0v) is 15.1. The molecule has 0 saturated carbocycles. The van der Waals surface area contributed by atoms with E-state index < -0.39 is 5.91 Å². The summed E-state index contributed by atoms with van der Waals surface area (Å²) in [6, 6.07) is 19.9. The fourth-order valence-corrected chi connectivity index (χ4v) is 2.74. The molecule has 0 aliphatic rings. The van der Waals surface area contributed by atoms with Crippen molar-refractivity contribution in [1.29, 1.82) is 0 Å². The highest BCUT2D eigenvalue weighted by Gasteiger charge is 2.08. The topological polar surface area (TPSA) is 93.5 Å². The number of rotatable bonds is 5. The second kappa shape index (κ2) is 8.29. The van der Waals surface area contributed by atoms with Gasteiger partial charge in [-0.1, -0.05) is 36.4 Å². The normalized spacial score (nSPS) is 10.2. The Bertz CT molecular complexity index is 998. The fraction of sp³-hybridized carbons (Fsp3) is 0.0500. The third-order valence-electron chi connectivity index (χ3n) is 3.79. The molecule has 6 nitrogen and oxygen atoms in total. The molecule has 0 unspecified atom stereocenters. The number of primary amides is 1. The lowest BCUT2D eigenvalue weighted by atomic mass is 10.1. The predicted molar refractivity (Wildman–Crippen MR) is 109 cm³/mol. The van der Waals surface area contributed by atoms with E-state index in [0.717, 1.165) is 10.8 Å². The molecule has 0 heterocycles. The maximum atomic E-state index is 12.1. The molecule has 0 saturated heterocycles. The van der Waals surface area contributed by atoms with Gasteiger partial charge in [-0.05, 0) is 47.9 Å². The van der Waals surface area contributed by atoms with E-state index in [4.69, 9.17) is 22.7 Å². The Morgan fingerprint density at radius 1 is 0.963 bits per heavy atom. The summed E-state index contributed by atoms with van der Waals surface area (Å²) < 4.78 is 5.62. The summed E-state index contributed by atoms with van der Waals surface area (Å²) in [6.45, 7) is -0.170. The summed E-state index contributed by atoms with van der Waals surface area (Å²) in [7, 11) is 0. The minimum atomic E-state index is -0.511. The van der Waals surface area contributed by atoms with Crippen LogP contribution in [0.1, 0.15) is 10.4 Å². The van der Waals surface area contributed by atoms with Crippen molar-refractivity contribution in [3.05, 3.63) is 72.3 Å². The number of carbonyl (C=O) groups is 2. The molecule has 0 aliphatic carbocycles. The molecular weight excluding hydrogens is 362 g/mol. The lowest BCUT2D eigenvalue weighted by Gasteiger charge is -2.11. The third-order valence-corrected chi connectivity index (χ3v) is 3.99. The van der Waals surface area contributed by atoms with E-state index in [9.17, 15) is 9.59 Å². The molecule has 3 rings (SSSR count). The standard InChI is InChI=1S/C20H17N3O3S/c21-19(25)14-8-10-15(11-9-14)22-20(27)23-18(24)12-26-17-7-3-5-13-4-1-2-6-16(13)17/h1-11H,12H2,(H2,21,25)(H2,22,23,24,27). The molecule has 3 aromatic rings. The maximum Gasteiger partial charge on any atom is 0.264 e. The SMILES string of the molecule is NC(=O)c1ccc(NC(=S)NC(=O)COc2cccc3ccccc23)cc1. The fourth-order valence-electron chi connectivity index (χ4n) is 2.51. The summed E-state index contributed by atoms with van der Waals surface area (Å²) in [5.74, 6) is -0.263. The molecule has 0 aromatic heterocycles. The number of carbonyl (C=O) groups excluding carboxylic acids is 2. The highest BCUT2D eigenvalue weighted by Crippen LogP contribution is 2.24. The van der Waals surface area contributed by atoms with E-state index in [1.54, 1.807) is 24.3 Å². The average Bonchev–Trinajstić information content (AvgIpc) is 2.66. The number of ether oxygens (including phenoxy) is 1. The Morgan fingerprint density at radius 3 is 2.41 bits per heavy atom. The molecule has 3 aromatic carbocycles. The zero-order valence-electron chi connectivity index (χ0n) is 14.3. The van der Waals surface area contributed by atoms with E-state index >= 15 is 0 Å². The van der Waals surface area contributed by atoms with Gasteiger partial charge in [0.15, 0.2) is 11.7 Å². The summed E-state index contributed by atoms with van der Waals surface area (Å²) in [4.78, 5) is 23.1. The lowest BCUT2D eigenvalue weighted by molar-refractivity contribution is -0.121. The van der Waals surface area contributed by atoms with Gasteiger partial charge in [0, 0.05) is 16.6 Å². The number of anilines is 1. The van der Waals surface area contributed by atoms with Gasteiger partial charge < -0.3 is 15.8 Å². The van der Waals surface area contributed by atoms with Crippen molar-refractivity contribution in [1.82, 2.24) is 5.32 Å². The predicted octanol–water partition coefficient (Wildman–Crippen LogP) is 2.83. The van der Waals surface area contributed by atoms with E-state index in [1.807, 2.05) is 42.5 Å². The summed E-state index contributed by atoms with van der Waals surface area (Å²) in [6.07, 6.45) is 0. The second-order valence-corrected chi connectivity index (χ2v) is 6.12. The number of benzene rings is 3. The van der Waals surface area contributed by atoms with Crippen LogP contribution in [0.3, 0.4) is 0 Å². The van der Waals surface area contributed by atoms with Crippen LogP contribution in [0.15, 0.2) is 66.7 Å². The van der Waals surface area contributed by atoms with Gasteiger partial charge in [-0.25, -0.2) is 0 Å². The van der Waals surface area contributed by atoms with Gasteiger partial charge in [0.1, 0.15) is 5.75 Å². The number of hydrogen-bond donors (Lipinski definition) is 3. The molecular formula is C20H17N3O3S. The van der Waals surface area contributed by atoms with Gasteiger partial charge in [0.2, 0.25) is 5.91 Å². The van der Waals surface area contributed by atoms with Crippen LogP contribution in [-0.2, 0) is 4.79 Å². The minimum Gasteiger partial charge on any atom is -0.483 e. The molecule has 4 N–H and O–H groups in total. The number of nitrogens with one attached hydrogen (secondary N) is 2. The maximum absolute atomic E-state index is 12.1. The Morgan fingerprint density at radius 2 is 1.67 bits per heavy atom. The molecule has 0 aliphatic heterocycles. The third kappa shape index (κ3) is 4.80. The Labute approximate surface area is 161 Å². The molecule has 0 atom stereocenters. The first-order valence-corrected chi connectivity index (χ1v) is 8.55. The van der Waals surface area contributed by atoms with Crippen LogP contribution >= 0.6 is 12.2 Å².